The predicted molar refractivity (Wildman–Crippen MR) is 86.1 cm³/mol. The summed E-state index contributed by atoms with van der Waals surface area (Å²) >= 11 is 0. The first-order valence-electron chi connectivity index (χ1n) is 8.58. The van der Waals surface area contributed by atoms with Crippen LogP contribution in [0.1, 0.15) is 45.4 Å². The van der Waals surface area contributed by atoms with Crippen molar-refractivity contribution in [3.63, 3.8) is 0 Å². The van der Waals surface area contributed by atoms with E-state index >= 15 is 0 Å². The third-order valence-electron chi connectivity index (χ3n) is 5.01. The topological polar surface area (TPSA) is 15.3 Å². The molecule has 0 amide bonds. The highest BCUT2D eigenvalue weighted by Gasteiger charge is 2.28. The molecule has 1 aliphatic heterocycles. The third kappa shape index (κ3) is 3.60. The number of anilines is 1. The summed E-state index contributed by atoms with van der Waals surface area (Å²) in [4.78, 5) is 2.01. The average Bonchev–Trinajstić information content (AvgIpc) is 2.50. The second-order valence-electron chi connectivity index (χ2n) is 7.02. The van der Waals surface area contributed by atoms with Gasteiger partial charge >= 0.3 is 0 Å². The first-order chi connectivity index (χ1) is 10.6. The van der Waals surface area contributed by atoms with E-state index in [9.17, 15) is 8.78 Å². The van der Waals surface area contributed by atoms with E-state index in [2.05, 4.69) is 12.2 Å². The minimum atomic E-state index is -0.757. The molecule has 2 atom stereocenters. The number of rotatable bonds is 3. The van der Waals surface area contributed by atoms with Crippen LogP contribution in [0.15, 0.2) is 18.2 Å². The van der Waals surface area contributed by atoms with Crippen LogP contribution in [0, 0.1) is 17.6 Å². The number of nitrogens with zero attached hydrogens (tertiary/aromatic N) is 1. The fourth-order valence-electron chi connectivity index (χ4n) is 4.01. The lowest BCUT2D eigenvalue weighted by Crippen LogP contribution is -2.52. The van der Waals surface area contributed by atoms with E-state index in [0.717, 1.165) is 19.5 Å². The first-order valence-corrected chi connectivity index (χ1v) is 8.58. The van der Waals surface area contributed by atoms with Gasteiger partial charge in [0.2, 0.25) is 0 Å². The highest BCUT2D eigenvalue weighted by Crippen LogP contribution is 2.28. The Morgan fingerprint density at radius 1 is 1.05 bits per heavy atom. The van der Waals surface area contributed by atoms with Crippen LogP contribution in [-0.4, -0.2) is 25.2 Å². The molecule has 1 aromatic carbocycles. The smallest absolute Gasteiger partial charge is 0.182 e. The zero-order valence-electron chi connectivity index (χ0n) is 13.3. The molecule has 3 rings (SSSR count). The second kappa shape index (κ2) is 6.95. The van der Waals surface area contributed by atoms with Crippen LogP contribution in [0.2, 0.25) is 0 Å². The predicted octanol–water partition coefficient (Wildman–Crippen LogP) is 4.10. The van der Waals surface area contributed by atoms with Gasteiger partial charge in [-0.3, -0.25) is 0 Å². The molecule has 2 fully saturated rings. The van der Waals surface area contributed by atoms with Crippen LogP contribution in [0.4, 0.5) is 14.5 Å². The van der Waals surface area contributed by atoms with Crippen LogP contribution in [0.5, 0.6) is 0 Å². The summed E-state index contributed by atoms with van der Waals surface area (Å²) in [5.41, 5.74) is 0.405. The number of hydrogen-bond acceptors (Lipinski definition) is 2. The normalized spacial score (nSPS) is 27.1. The zero-order chi connectivity index (χ0) is 15.5. The second-order valence-corrected chi connectivity index (χ2v) is 7.02. The van der Waals surface area contributed by atoms with E-state index in [1.165, 1.54) is 38.2 Å². The molecule has 1 aromatic rings. The molecule has 2 unspecified atom stereocenters. The van der Waals surface area contributed by atoms with Crippen molar-refractivity contribution < 1.29 is 8.78 Å². The number of nitrogens with one attached hydrogen (secondary N) is 1. The molecule has 1 saturated heterocycles. The molecule has 1 N–H and O–H groups in total. The molecule has 0 spiro atoms. The number of piperidine rings is 1. The summed E-state index contributed by atoms with van der Waals surface area (Å²) in [7, 11) is 0. The van der Waals surface area contributed by atoms with E-state index in [1.807, 2.05) is 4.90 Å². The minimum absolute atomic E-state index is 0.370. The standard InChI is InChI=1S/C18H26F2N2/c1-13-10-15(21-14-6-3-2-4-7-14)12-22(11-13)17-9-5-8-16(19)18(17)20/h5,8-9,13-15,21H,2-4,6-7,10-12H2,1H3. The maximum Gasteiger partial charge on any atom is 0.182 e. The highest BCUT2D eigenvalue weighted by molar-refractivity contribution is 5.48. The summed E-state index contributed by atoms with van der Waals surface area (Å²) in [6.45, 7) is 3.75. The molecule has 2 nitrogen and oxygen atoms in total. The van der Waals surface area contributed by atoms with Gasteiger partial charge in [0.05, 0.1) is 5.69 Å². The number of hydrogen-bond donors (Lipinski definition) is 1. The van der Waals surface area contributed by atoms with Crippen molar-refractivity contribution in [2.24, 2.45) is 5.92 Å². The van der Waals surface area contributed by atoms with Gasteiger partial charge in [-0.15, -0.1) is 0 Å². The lowest BCUT2D eigenvalue weighted by molar-refractivity contribution is 0.284. The Balaban J connectivity index is 1.68. The fourth-order valence-corrected chi connectivity index (χ4v) is 4.01. The van der Waals surface area contributed by atoms with E-state index in [0.29, 0.717) is 23.7 Å². The van der Waals surface area contributed by atoms with Gasteiger partial charge in [-0.05, 0) is 37.3 Å². The van der Waals surface area contributed by atoms with Crippen molar-refractivity contribution in [3.8, 4) is 0 Å². The Hall–Kier alpha value is -1.16. The van der Waals surface area contributed by atoms with E-state index in [4.69, 9.17) is 0 Å². The Morgan fingerprint density at radius 3 is 2.59 bits per heavy atom. The van der Waals surface area contributed by atoms with Crippen LogP contribution in [0.3, 0.4) is 0 Å². The molecule has 0 aromatic heterocycles. The van der Waals surface area contributed by atoms with Crippen LogP contribution in [0.25, 0.3) is 0 Å². The monoisotopic (exact) mass is 308 g/mol. The maximum absolute atomic E-state index is 14.1. The molecule has 2 aliphatic rings. The molecule has 1 heterocycles. The summed E-state index contributed by atoms with van der Waals surface area (Å²) in [5.74, 6) is -0.988. The molecule has 0 bridgehead atoms. The summed E-state index contributed by atoms with van der Waals surface area (Å²) in [6, 6.07) is 5.44. The van der Waals surface area contributed by atoms with Gasteiger partial charge in [0.1, 0.15) is 0 Å². The lowest BCUT2D eigenvalue weighted by atomic mass is 9.91. The summed E-state index contributed by atoms with van der Waals surface area (Å²) in [5, 5.41) is 3.76. The van der Waals surface area contributed by atoms with Gasteiger partial charge in [0.15, 0.2) is 11.6 Å². The Morgan fingerprint density at radius 2 is 1.82 bits per heavy atom. The highest BCUT2D eigenvalue weighted by atomic mass is 19.2. The lowest BCUT2D eigenvalue weighted by Gasteiger charge is -2.40. The van der Waals surface area contributed by atoms with Crippen LogP contribution >= 0.6 is 0 Å². The van der Waals surface area contributed by atoms with Crippen molar-refractivity contribution in [2.75, 3.05) is 18.0 Å². The Kier molecular flexibility index (Phi) is 4.97. The van der Waals surface area contributed by atoms with Gasteiger partial charge in [-0.25, -0.2) is 8.78 Å². The molecule has 1 aliphatic carbocycles. The van der Waals surface area contributed by atoms with Gasteiger partial charge in [0.25, 0.3) is 0 Å². The Bertz CT molecular complexity index is 500. The quantitative estimate of drug-likeness (QED) is 0.904. The number of halogens is 2. The zero-order valence-corrected chi connectivity index (χ0v) is 13.3. The SMILES string of the molecule is CC1CC(NC2CCCCC2)CN(c2cccc(F)c2F)C1. The minimum Gasteiger partial charge on any atom is -0.367 e. The molecular formula is C18H26F2N2. The number of benzene rings is 1. The van der Waals surface area contributed by atoms with Gasteiger partial charge in [0, 0.05) is 25.2 Å². The first kappa shape index (κ1) is 15.7. The third-order valence-corrected chi connectivity index (χ3v) is 5.01. The molecule has 4 heteroatoms. The molecular weight excluding hydrogens is 282 g/mol. The van der Waals surface area contributed by atoms with Crippen molar-refractivity contribution in [3.05, 3.63) is 29.8 Å². The van der Waals surface area contributed by atoms with Gasteiger partial charge in [-0.1, -0.05) is 32.3 Å². The van der Waals surface area contributed by atoms with Crippen molar-refractivity contribution in [1.82, 2.24) is 5.32 Å². The van der Waals surface area contributed by atoms with E-state index in [-0.39, 0.29) is 0 Å². The Labute approximate surface area is 131 Å². The van der Waals surface area contributed by atoms with Gasteiger partial charge in [-0.2, -0.15) is 0 Å². The molecule has 22 heavy (non-hydrogen) atoms. The fraction of sp³-hybridized carbons (Fsp3) is 0.667. The average molecular weight is 308 g/mol. The molecule has 1 saturated carbocycles. The van der Waals surface area contributed by atoms with Crippen molar-refractivity contribution in [2.45, 2.75) is 57.5 Å². The van der Waals surface area contributed by atoms with Gasteiger partial charge < -0.3 is 10.2 Å². The van der Waals surface area contributed by atoms with Crippen molar-refractivity contribution >= 4 is 5.69 Å². The van der Waals surface area contributed by atoms with Crippen LogP contribution in [-0.2, 0) is 0 Å². The van der Waals surface area contributed by atoms with E-state index in [1.54, 1.807) is 12.1 Å². The van der Waals surface area contributed by atoms with Crippen LogP contribution < -0.4 is 10.2 Å². The van der Waals surface area contributed by atoms with Crippen molar-refractivity contribution in [1.29, 1.82) is 0 Å². The molecule has 0 radical (unpaired) electrons. The van der Waals surface area contributed by atoms with E-state index < -0.39 is 11.6 Å². The summed E-state index contributed by atoms with van der Waals surface area (Å²) < 4.78 is 27.5. The largest absolute Gasteiger partial charge is 0.367 e. The molecule has 122 valence electrons. The maximum atomic E-state index is 14.1. The summed E-state index contributed by atoms with van der Waals surface area (Å²) in [6.07, 6.45) is 7.58.